The number of nitrogens with zero attached hydrogens (tertiary/aromatic N) is 1. The molecule has 1 atom stereocenters. The highest BCUT2D eigenvalue weighted by Gasteiger charge is 2.26. The number of aryl methyl sites for hydroxylation is 2. The topological polar surface area (TPSA) is 32.3 Å². The summed E-state index contributed by atoms with van der Waals surface area (Å²) in [7, 11) is 0. The van der Waals surface area contributed by atoms with Crippen LogP contribution in [0.25, 0.3) is 0 Å². The summed E-state index contributed by atoms with van der Waals surface area (Å²) in [4.78, 5) is 14.8. The van der Waals surface area contributed by atoms with E-state index in [9.17, 15) is 4.79 Å². The van der Waals surface area contributed by atoms with Gasteiger partial charge < -0.3 is 10.2 Å². The fourth-order valence-corrected chi connectivity index (χ4v) is 4.36. The summed E-state index contributed by atoms with van der Waals surface area (Å²) in [6.45, 7) is 6.18. The van der Waals surface area contributed by atoms with Crippen LogP contribution >= 0.6 is 24.2 Å². The highest BCUT2D eigenvalue weighted by Crippen LogP contribution is 2.31. The van der Waals surface area contributed by atoms with Crippen molar-refractivity contribution in [1.82, 2.24) is 5.32 Å². The highest BCUT2D eigenvalue weighted by atomic mass is 35.5. The number of hydrogen-bond donors (Lipinski definition) is 1. The van der Waals surface area contributed by atoms with Gasteiger partial charge in [-0.15, -0.1) is 12.4 Å². The molecule has 2 aliphatic rings. The monoisotopic (exact) mass is 340 g/mol. The molecule has 1 amide bonds. The van der Waals surface area contributed by atoms with Gasteiger partial charge in [-0.3, -0.25) is 4.79 Å². The van der Waals surface area contributed by atoms with Gasteiger partial charge >= 0.3 is 0 Å². The number of carbonyl (C=O) groups is 1. The Kier molecular flexibility index (Phi) is 6.18. The van der Waals surface area contributed by atoms with Crippen molar-refractivity contribution in [3.8, 4) is 0 Å². The molecule has 0 radical (unpaired) electrons. The van der Waals surface area contributed by atoms with Crippen LogP contribution in [0.15, 0.2) is 12.1 Å². The lowest BCUT2D eigenvalue weighted by atomic mass is 9.94. The van der Waals surface area contributed by atoms with Crippen LogP contribution in [-0.2, 0) is 11.2 Å². The summed E-state index contributed by atoms with van der Waals surface area (Å²) >= 11 is 1.95. The lowest BCUT2D eigenvalue weighted by Crippen LogP contribution is -2.44. The van der Waals surface area contributed by atoms with Crippen molar-refractivity contribution in [2.75, 3.05) is 29.5 Å². The van der Waals surface area contributed by atoms with E-state index in [0.717, 1.165) is 43.1 Å². The number of nitrogens with one attached hydrogen (secondary N) is 1. The summed E-state index contributed by atoms with van der Waals surface area (Å²) in [5, 5.41) is 3.47. The molecule has 1 unspecified atom stereocenters. The molecular weight excluding hydrogens is 316 g/mol. The van der Waals surface area contributed by atoms with E-state index in [-0.39, 0.29) is 18.3 Å². The Hall–Kier alpha value is -0.710. The van der Waals surface area contributed by atoms with Crippen molar-refractivity contribution < 1.29 is 4.79 Å². The smallest absolute Gasteiger partial charge is 0.228 e. The zero-order valence-electron chi connectivity index (χ0n) is 13.4. The number of hydrogen-bond acceptors (Lipinski definition) is 3. The number of thioether (sulfide) groups is 1. The van der Waals surface area contributed by atoms with E-state index in [1.165, 1.54) is 16.7 Å². The zero-order valence-corrected chi connectivity index (χ0v) is 15.0. The van der Waals surface area contributed by atoms with Crippen LogP contribution < -0.4 is 10.2 Å². The minimum absolute atomic E-state index is 0. The standard InChI is InChI=1S/C17H24N2OS.ClH/c1-12-8-13(2)15-4-3-6-19(16(15)9-12)17(20)10-14-11-21-7-5-18-14;/h8-9,14,18H,3-7,10-11H2,1-2H3;1H. The Balaban J connectivity index is 0.00000176. The first-order valence-corrected chi connectivity index (χ1v) is 9.02. The summed E-state index contributed by atoms with van der Waals surface area (Å²) in [6, 6.07) is 4.75. The van der Waals surface area contributed by atoms with Crippen molar-refractivity contribution >= 4 is 35.8 Å². The number of rotatable bonds is 2. The number of fused-ring (bicyclic) bond motifs is 1. The summed E-state index contributed by atoms with van der Waals surface area (Å²) in [6.07, 6.45) is 2.80. The Bertz CT molecular complexity index is 544. The maximum absolute atomic E-state index is 12.7. The van der Waals surface area contributed by atoms with Crippen LogP contribution in [0, 0.1) is 13.8 Å². The van der Waals surface area contributed by atoms with Crippen molar-refractivity contribution in [2.24, 2.45) is 0 Å². The molecule has 0 bridgehead atoms. The third-order valence-electron chi connectivity index (χ3n) is 4.41. The molecule has 0 spiro atoms. The number of benzene rings is 1. The molecule has 2 aliphatic heterocycles. The first kappa shape index (κ1) is 17.6. The van der Waals surface area contributed by atoms with Gasteiger partial charge in [-0.25, -0.2) is 0 Å². The molecule has 1 saturated heterocycles. The summed E-state index contributed by atoms with van der Waals surface area (Å²) < 4.78 is 0. The normalized spacial score (nSPS) is 21.0. The van der Waals surface area contributed by atoms with Crippen molar-refractivity contribution in [3.05, 3.63) is 28.8 Å². The Morgan fingerprint density at radius 1 is 1.41 bits per heavy atom. The molecule has 1 N–H and O–H groups in total. The fraction of sp³-hybridized carbons (Fsp3) is 0.588. The molecule has 0 saturated carbocycles. The Morgan fingerprint density at radius 3 is 2.95 bits per heavy atom. The molecule has 1 aromatic rings. The van der Waals surface area contributed by atoms with Gasteiger partial charge in [0.2, 0.25) is 5.91 Å². The van der Waals surface area contributed by atoms with E-state index in [1.54, 1.807) is 0 Å². The molecule has 3 nitrogen and oxygen atoms in total. The predicted molar refractivity (Wildman–Crippen MR) is 97.6 cm³/mol. The summed E-state index contributed by atoms with van der Waals surface area (Å²) in [5.74, 6) is 2.50. The summed E-state index contributed by atoms with van der Waals surface area (Å²) in [5.41, 5.74) is 5.10. The van der Waals surface area contributed by atoms with Gasteiger partial charge in [0.25, 0.3) is 0 Å². The van der Waals surface area contributed by atoms with E-state index in [4.69, 9.17) is 0 Å². The van der Waals surface area contributed by atoms with Crippen molar-refractivity contribution in [1.29, 1.82) is 0 Å². The van der Waals surface area contributed by atoms with E-state index in [0.29, 0.717) is 12.5 Å². The number of amides is 1. The van der Waals surface area contributed by atoms with Crippen molar-refractivity contribution in [3.63, 3.8) is 0 Å². The van der Waals surface area contributed by atoms with E-state index in [2.05, 4.69) is 31.3 Å². The van der Waals surface area contributed by atoms with Crippen molar-refractivity contribution in [2.45, 2.75) is 39.2 Å². The van der Waals surface area contributed by atoms with Crippen LogP contribution in [0.3, 0.4) is 0 Å². The minimum Gasteiger partial charge on any atom is -0.312 e. The lowest BCUT2D eigenvalue weighted by Gasteiger charge is -2.33. The van der Waals surface area contributed by atoms with E-state index >= 15 is 0 Å². The van der Waals surface area contributed by atoms with Gasteiger partial charge in [0, 0.05) is 42.7 Å². The number of halogens is 1. The van der Waals surface area contributed by atoms with E-state index < -0.39 is 0 Å². The maximum atomic E-state index is 12.7. The molecule has 2 heterocycles. The second kappa shape index (κ2) is 7.71. The molecular formula is C17H25ClN2OS. The predicted octanol–water partition coefficient (Wildman–Crippen LogP) is 3.10. The molecule has 0 aliphatic carbocycles. The molecule has 22 heavy (non-hydrogen) atoms. The molecule has 5 heteroatoms. The highest BCUT2D eigenvalue weighted by molar-refractivity contribution is 7.99. The van der Waals surface area contributed by atoms with Crippen LogP contribution in [0.1, 0.15) is 29.5 Å². The number of carbonyl (C=O) groups excluding carboxylic acids is 1. The van der Waals surface area contributed by atoms with Gasteiger partial charge in [-0.2, -0.15) is 11.8 Å². The quantitative estimate of drug-likeness (QED) is 0.897. The SMILES string of the molecule is Cc1cc(C)c2c(c1)N(C(=O)CC1CSCCN1)CCC2.Cl. The van der Waals surface area contributed by atoms with Crippen LogP contribution in [-0.4, -0.2) is 36.5 Å². The molecule has 3 rings (SSSR count). The molecule has 1 aromatic carbocycles. The zero-order chi connectivity index (χ0) is 14.8. The largest absolute Gasteiger partial charge is 0.312 e. The van der Waals surface area contributed by atoms with Gasteiger partial charge in [0.1, 0.15) is 0 Å². The average Bonchev–Trinajstić information content (AvgIpc) is 2.47. The van der Waals surface area contributed by atoms with Gasteiger partial charge in [-0.1, -0.05) is 6.07 Å². The Morgan fingerprint density at radius 2 is 2.23 bits per heavy atom. The molecule has 1 fully saturated rings. The second-order valence-corrected chi connectivity index (χ2v) is 7.31. The third-order valence-corrected chi connectivity index (χ3v) is 5.54. The maximum Gasteiger partial charge on any atom is 0.228 e. The first-order valence-electron chi connectivity index (χ1n) is 7.87. The Labute approximate surface area is 143 Å². The first-order chi connectivity index (χ1) is 10.1. The third kappa shape index (κ3) is 3.79. The van der Waals surface area contributed by atoms with E-state index in [1.807, 2.05) is 16.7 Å². The lowest BCUT2D eigenvalue weighted by molar-refractivity contribution is -0.119. The van der Waals surface area contributed by atoms with Gasteiger partial charge in [-0.05, 0) is 49.4 Å². The molecule has 0 aromatic heterocycles. The average molecular weight is 341 g/mol. The van der Waals surface area contributed by atoms with Crippen LogP contribution in [0.4, 0.5) is 5.69 Å². The van der Waals surface area contributed by atoms with Gasteiger partial charge in [0.15, 0.2) is 0 Å². The minimum atomic E-state index is 0. The number of anilines is 1. The fourth-order valence-electron chi connectivity index (χ4n) is 3.41. The second-order valence-electron chi connectivity index (χ2n) is 6.16. The van der Waals surface area contributed by atoms with Gasteiger partial charge in [0.05, 0.1) is 0 Å². The van der Waals surface area contributed by atoms with Crippen LogP contribution in [0.2, 0.25) is 0 Å². The molecule has 122 valence electrons. The van der Waals surface area contributed by atoms with Crippen LogP contribution in [0.5, 0.6) is 0 Å².